The number of nitrogens with zero attached hydrogens (tertiary/aromatic N) is 3. The molecule has 0 aliphatic heterocycles. The first-order valence-electron chi connectivity index (χ1n) is 10.9. The van der Waals surface area contributed by atoms with Gasteiger partial charge in [-0.05, 0) is 47.4 Å². The van der Waals surface area contributed by atoms with Gasteiger partial charge >= 0.3 is 0 Å². The van der Waals surface area contributed by atoms with E-state index in [0.717, 1.165) is 26.9 Å². The molecule has 33 heavy (non-hydrogen) atoms. The third-order valence-electron chi connectivity index (χ3n) is 5.61. The van der Waals surface area contributed by atoms with Crippen LogP contribution in [0.3, 0.4) is 0 Å². The molecule has 5 rings (SSSR count). The van der Waals surface area contributed by atoms with E-state index < -0.39 is 5.92 Å². The van der Waals surface area contributed by atoms with Gasteiger partial charge in [-0.1, -0.05) is 84.1 Å². The molecule has 0 atom stereocenters. The van der Waals surface area contributed by atoms with Crippen molar-refractivity contribution in [2.45, 2.75) is 19.4 Å². The molecule has 0 saturated carbocycles. The number of pyridine rings is 1. The van der Waals surface area contributed by atoms with Crippen LogP contribution in [0.15, 0.2) is 103 Å². The molecule has 0 N–H and O–H groups in total. The molecule has 0 fully saturated rings. The summed E-state index contributed by atoms with van der Waals surface area (Å²) in [5.41, 5.74) is 4.96. The minimum absolute atomic E-state index is 0.00738. The van der Waals surface area contributed by atoms with Crippen molar-refractivity contribution in [3.8, 4) is 0 Å². The molecule has 0 radical (unpaired) electrons. The summed E-state index contributed by atoms with van der Waals surface area (Å²) < 4.78 is 1.07. The van der Waals surface area contributed by atoms with Gasteiger partial charge in [0, 0.05) is 12.4 Å². The molecule has 1 amide bonds. The molecule has 4 nitrogen and oxygen atoms in total. The Labute approximate surface area is 197 Å². The van der Waals surface area contributed by atoms with Gasteiger partial charge in [0.1, 0.15) is 0 Å². The van der Waals surface area contributed by atoms with Crippen LogP contribution in [0.1, 0.15) is 28.2 Å². The fraction of sp³-hybridized carbons (Fsp3) is 0.107. The van der Waals surface area contributed by atoms with Crippen LogP contribution < -0.4 is 4.90 Å². The van der Waals surface area contributed by atoms with Crippen LogP contribution in [0, 0.1) is 6.92 Å². The lowest BCUT2D eigenvalue weighted by molar-refractivity contribution is -0.119. The van der Waals surface area contributed by atoms with Gasteiger partial charge in [-0.25, -0.2) is 4.98 Å². The molecule has 0 saturated heterocycles. The maximum Gasteiger partial charge on any atom is 0.241 e. The van der Waals surface area contributed by atoms with Crippen LogP contribution in [0.5, 0.6) is 0 Å². The number of aryl methyl sites for hydroxylation is 1. The van der Waals surface area contributed by atoms with Crippen molar-refractivity contribution in [1.29, 1.82) is 0 Å². The van der Waals surface area contributed by atoms with Crippen LogP contribution in [0.4, 0.5) is 5.13 Å². The third-order valence-corrected chi connectivity index (χ3v) is 6.65. The van der Waals surface area contributed by atoms with Crippen LogP contribution in [0.2, 0.25) is 0 Å². The Kier molecular flexibility index (Phi) is 5.96. The van der Waals surface area contributed by atoms with Gasteiger partial charge in [0.15, 0.2) is 5.13 Å². The van der Waals surface area contributed by atoms with Crippen molar-refractivity contribution in [3.05, 3.63) is 126 Å². The zero-order valence-corrected chi connectivity index (χ0v) is 19.1. The quantitative estimate of drug-likeness (QED) is 0.303. The zero-order chi connectivity index (χ0) is 22.6. The zero-order valence-electron chi connectivity index (χ0n) is 18.3. The van der Waals surface area contributed by atoms with Crippen LogP contribution in [-0.2, 0) is 11.3 Å². The van der Waals surface area contributed by atoms with Crippen LogP contribution in [0.25, 0.3) is 10.2 Å². The Balaban J connectivity index is 1.62. The van der Waals surface area contributed by atoms with E-state index in [1.165, 1.54) is 5.56 Å². The predicted molar refractivity (Wildman–Crippen MR) is 135 cm³/mol. The predicted octanol–water partition coefficient (Wildman–Crippen LogP) is 6.37. The molecule has 0 aliphatic rings. The third kappa shape index (κ3) is 4.54. The standard InChI is InChI=1S/C28H23N3OS/c1-20-14-15-24-25(17-20)33-28(30-24)31(19-21-9-8-16-29-18-21)27(32)26(22-10-4-2-5-11-22)23-12-6-3-7-13-23/h2-18,26H,19H2,1H3. The summed E-state index contributed by atoms with van der Waals surface area (Å²) in [4.78, 5) is 25.2. The second-order valence-corrected chi connectivity index (χ2v) is 9.02. The molecule has 3 aromatic carbocycles. The van der Waals surface area contributed by atoms with E-state index in [1.54, 1.807) is 23.7 Å². The van der Waals surface area contributed by atoms with Gasteiger partial charge in [-0.15, -0.1) is 0 Å². The first-order chi connectivity index (χ1) is 16.2. The number of hydrogen-bond acceptors (Lipinski definition) is 4. The fourth-order valence-corrected chi connectivity index (χ4v) is 5.04. The lowest BCUT2D eigenvalue weighted by Crippen LogP contribution is -2.35. The van der Waals surface area contributed by atoms with Gasteiger partial charge < -0.3 is 0 Å². The lowest BCUT2D eigenvalue weighted by Gasteiger charge is -2.26. The van der Waals surface area contributed by atoms with Crippen molar-refractivity contribution in [2.24, 2.45) is 0 Å². The average Bonchev–Trinajstić information content (AvgIpc) is 3.27. The first-order valence-corrected chi connectivity index (χ1v) is 11.7. The second-order valence-electron chi connectivity index (χ2n) is 8.01. The van der Waals surface area contributed by atoms with E-state index in [4.69, 9.17) is 4.98 Å². The number of aromatic nitrogens is 2. The highest BCUT2D eigenvalue weighted by molar-refractivity contribution is 7.22. The molecule has 0 unspecified atom stereocenters. The maximum absolute atomic E-state index is 14.3. The van der Waals surface area contributed by atoms with Crippen molar-refractivity contribution in [3.63, 3.8) is 0 Å². The summed E-state index contributed by atoms with van der Waals surface area (Å²) in [6.45, 7) is 2.47. The second kappa shape index (κ2) is 9.35. The summed E-state index contributed by atoms with van der Waals surface area (Å²) in [7, 11) is 0. The molecule has 5 aromatic rings. The first kappa shape index (κ1) is 21.0. The Morgan fingerprint density at radius 3 is 2.24 bits per heavy atom. The summed E-state index contributed by atoms with van der Waals surface area (Å²) in [5, 5.41) is 0.696. The molecule has 0 bridgehead atoms. The Hall–Kier alpha value is -3.83. The van der Waals surface area contributed by atoms with E-state index in [2.05, 4.69) is 24.0 Å². The van der Waals surface area contributed by atoms with Crippen molar-refractivity contribution in [2.75, 3.05) is 4.90 Å². The highest BCUT2D eigenvalue weighted by Crippen LogP contribution is 2.34. The summed E-state index contributed by atoms with van der Waals surface area (Å²) >= 11 is 1.55. The van der Waals surface area contributed by atoms with Gasteiger partial charge in [0.2, 0.25) is 5.91 Å². The minimum atomic E-state index is -0.433. The Bertz CT molecular complexity index is 1330. The van der Waals surface area contributed by atoms with Crippen molar-refractivity contribution < 1.29 is 4.79 Å². The van der Waals surface area contributed by atoms with Gasteiger partial charge in [-0.3, -0.25) is 14.7 Å². The fourth-order valence-electron chi connectivity index (χ4n) is 3.97. The minimum Gasteiger partial charge on any atom is -0.283 e. The number of fused-ring (bicyclic) bond motifs is 1. The molecule has 0 spiro atoms. The normalized spacial score (nSPS) is 11.1. The number of rotatable bonds is 6. The molecular weight excluding hydrogens is 426 g/mol. The van der Waals surface area contributed by atoms with E-state index in [9.17, 15) is 4.79 Å². The number of carbonyl (C=O) groups is 1. The molecule has 0 aliphatic carbocycles. The van der Waals surface area contributed by atoms with Crippen LogP contribution in [-0.4, -0.2) is 15.9 Å². The largest absolute Gasteiger partial charge is 0.283 e. The summed E-state index contributed by atoms with van der Waals surface area (Å²) in [6, 6.07) is 30.0. The highest BCUT2D eigenvalue weighted by Gasteiger charge is 2.30. The smallest absolute Gasteiger partial charge is 0.241 e. The average molecular weight is 450 g/mol. The van der Waals surface area contributed by atoms with Gasteiger partial charge in [0.05, 0.1) is 22.7 Å². The molecule has 2 aromatic heterocycles. The molecular formula is C28H23N3OS. The number of amides is 1. The van der Waals surface area contributed by atoms with Crippen molar-refractivity contribution >= 4 is 32.6 Å². The van der Waals surface area contributed by atoms with Crippen LogP contribution >= 0.6 is 11.3 Å². The van der Waals surface area contributed by atoms with Gasteiger partial charge in [0.25, 0.3) is 0 Å². The number of anilines is 1. The number of carbonyl (C=O) groups excluding carboxylic acids is 1. The number of thiazole rings is 1. The monoisotopic (exact) mass is 449 g/mol. The summed E-state index contributed by atoms with van der Waals surface area (Å²) in [5.74, 6) is -0.440. The topological polar surface area (TPSA) is 46.1 Å². The maximum atomic E-state index is 14.3. The van der Waals surface area contributed by atoms with E-state index in [-0.39, 0.29) is 5.91 Å². The molecule has 162 valence electrons. The van der Waals surface area contributed by atoms with E-state index >= 15 is 0 Å². The Morgan fingerprint density at radius 2 is 1.61 bits per heavy atom. The van der Waals surface area contributed by atoms with Crippen molar-refractivity contribution in [1.82, 2.24) is 9.97 Å². The molecule has 5 heteroatoms. The van der Waals surface area contributed by atoms with E-state index in [0.29, 0.717) is 11.7 Å². The molecule has 2 heterocycles. The Morgan fingerprint density at radius 1 is 0.909 bits per heavy atom. The number of benzene rings is 3. The number of hydrogen-bond donors (Lipinski definition) is 0. The lowest BCUT2D eigenvalue weighted by atomic mass is 9.90. The van der Waals surface area contributed by atoms with E-state index in [1.807, 2.05) is 83.8 Å². The highest BCUT2D eigenvalue weighted by atomic mass is 32.1. The SMILES string of the molecule is Cc1ccc2nc(N(Cc3cccnc3)C(=O)C(c3ccccc3)c3ccccc3)sc2c1. The van der Waals surface area contributed by atoms with Gasteiger partial charge in [-0.2, -0.15) is 0 Å². The summed E-state index contributed by atoms with van der Waals surface area (Å²) in [6.07, 6.45) is 3.55.